The molecule has 0 aliphatic carbocycles. The molecule has 1 saturated heterocycles. The van der Waals surface area contributed by atoms with Gasteiger partial charge in [0.15, 0.2) is 0 Å². The molecule has 2 heterocycles. The van der Waals surface area contributed by atoms with Crippen LogP contribution in [-0.4, -0.2) is 48.1 Å². The van der Waals surface area contributed by atoms with E-state index in [4.69, 9.17) is 4.42 Å². The minimum absolute atomic E-state index is 0.225. The number of anilines is 1. The summed E-state index contributed by atoms with van der Waals surface area (Å²) in [6.45, 7) is 5.62. The fourth-order valence-corrected chi connectivity index (χ4v) is 2.99. The number of para-hydroxylation sites is 2. The Morgan fingerprint density at radius 2 is 1.77 bits per heavy atom. The Labute approximate surface area is 151 Å². The summed E-state index contributed by atoms with van der Waals surface area (Å²) < 4.78 is 5.31. The normalized spacial score (nSPS) is 14.2. The highest BCUT2D eigenvalue weighted by Crippen LogP contribution is 2.27. The van der Waals surface area contributed by atoms with Crippen molar-refractivity contribution in [3.63, 3.8) is 0 Å². The molecule has 0 spiro atoms. The summed E-state index contributed by atoms with van der Waals surface area (Å²) in [6.07, 6.45) is 0. The van der Waals surface area contributed by atoms with Gasteiger partial charge < -0.3 is 19.3 Å². The average Bonchev–Trinajstić information content (AvgIpc) is 2.98. The van der Waals surface area contributed by atoms with Gasteiger partial charge in [0.05, 0.1) is 11.3 Å². The molecule has 1 aliphatic rings. The lowest BCUT2D eigenvalue weighted by Gasteiger charge is -2.36. The van der Waals surface area contributed by atoms with Crippen LogP contribution in [0.25, 0.3) is 0 Å². The standard InChI is InChI=1S/C18H22N4O4/c1-12-11-14(13(2)26-12)17(24)19-20-18(25)22-9-7-21(8-10-22)15-5-3-4-6-16(15)23/h3-6,11,23H,7-10H2,1-2H3,(H,19,24)(H,20,25). The monoisotopic (exact) mass is 358 g/mol. The molecule has 26 heavy (non-hydrogen) atoms. The van der Waals surface area contributed by atoms with Gasteiger partial charge in [-0.2, -0.15) is 0 Å². The molecule has 3 rings (SSSR count). The van der Waals surface area contributed by atoms with Crippen molar-refractivity contribution >= 4 is 17.6 Å². The SMILES string of the molecule is Cc1cc(C(=O)NNC(=O)N2CCN(c3ccccc3O)CC2)c(C)o1. The number of carbonyl (C=O) groups is 2. The Bertz CT molecular complexity index is 809. The lowest BCUT2D eigenvalue weighted by Crippen LogP contribution is -2.55. The summed E-state index contributed by atoms with van der Waals surface area (Å²) in [5.74, 6) is 0.953. The fraction of sp³-hybridized carbons (Fsp3) is 0.333. The van der Waals surface area contributed by atoms with Crippen LogP contribution in [0.3, 0.4) is 0 Å². The van der Waals surface area contributed by atoms with Crippen molar-refractivity contribution in [3.8, 4) is 5.75 Å². The summed E-state index contributed by atoms with van der Waals surface area (Å²) in [5, 5.41) is 9.93. The Morgan fingerprint density at radius 3 is 2.38 bits per heavy atom. The summed E-state index contributed by atoms with van der Waals surface area (Å²) in [5.41, 5.74) is 5.99. The second-order valence-electron chi connectivity index (χ2n) is 6.17. The van der Waals surface area contributed by atoms with Gasteiger partial charge in [-0.05, 0) is 32.0 Å². The van der Waals surface area contributed by atoms with E-state index in [1.54, 1.807) is 36.9 Å². The fourth-order valence-electron chi connectivity index (χ4n) is 2.99. The summed E-state index contributed by atoms with van der Waals surface area (Å²) in [4.78, 5) is 28.0. The molecule has 0 bridgehead atoms. The Kier molecular flexibility index (Phi) is 5.01. The summed E-state index contributed by atoms with van der Waals surface area (Å²) in [7, 11) is 0. The highest BCUT2D eigenvalue weighted by atomic mass is 16.3. The van der Waals surface area contributed by atoms with Crippen molar-refractivity contribution in [2.24, 2.45) is 0 Å². The third-order valence-electron chi connectivity index (χ3n) is 4.36. The number of nitrogens with zero attached hydrogens (tertiary/aromatic N) is 2. The van der Waals surface area contributed by atoms with E-state index in [2.05, 4.69) is 10.9 Å². The van der Waals surface area contributed by atoms with Crippen LogP contribution in [0.4, 0.5) is 10.5 Å². The number of phenols is 1. The van der Waals surface area contributed by atoms with Crippen LogP contribution in [0.15, 0.2) is 34.7 Å². The average molecular weight is 358 g/mol. The minimum Gasteiger partial charge on any atom is -0.506 e. The van der Waals surface area contributed by atoms with Crippen molar-refractivity contribution in [2.45, 2.75) is 13.8 Å². The van der Waals surface area contributed by atoms with Crippen molar-refractivity contribution in [1.29, 1.82) is 0 Å². The third-order valence-corrected chi connectivity index (χ3v) is 4.36. The number of aryl methyl sites for hydroxylation is 2. The molecule has 1 aromatic carbocycles. The molecule has 138 valence electrons. The number of piperazine rings is 1. The van der Waals surface area contributed by atoms with E-state index < -0.39 is 5.91 Å². The van der Waals surface area contributed by atoms with Crippen LogP contribution in [0.2, 0.25) is 0 Å². The number of benzene rings is 1. The van der Waals surface area contributed by atoms with Crippen molar-refractivity contribution < 1.29 is 19.1 Å². The van der Waals surface area contributed by atoms with Crippen LogP contribution in [0.5, 0.6) is 5.75 Å². The maximum atomic E-state index is 12.2. The van der Waals surface area contributed by atoms with Crippen LogP contribution in [-0.2, 0) is 0 Å². The van der Waals surface area contributed by atoms with Gasteiger partial charge in [0.2, 0.25) is 0 Å². The lowest BCUT2D eigenvalue weighted by molar-refractivity contribution is 0.0927. The molecule has 2 aromatic rings. The number of carbonyl (C=O) groups excluding carboxylic acids is 2. The van der Waals surface area contributed by atoms with E-state index in [9.17, 15) is 14.7 Å². The van der Waals surface area contributed by atoms with E-state index in [0.29, 0.717) is 43.3 Å². The molecule has 8 heteroatoms. The van der Waals surface area contributed by atoms with Gasteiger partial charge >= 0.3 is 6.03 Å². The minimum atomic E-state index is -0.416. The molecule has 8 nitrogen and oxygen atoms in total. The Balaban J connectivity index is 1.50. The number of aromatic hydroxyl groups is 1. The zero-order valence-corrected chi connectivity index (χ0v) is 14.8. The molecule has 1 aliphatic heterocycles. The molecular weight excluding hydrogens is 336 g/mol. The molecule has 1 aromatic heterocycles. The number of urea groups is 1. The Morgan fingerprint density at radius 1 is 1.08 bits per heavy atom. The zero-order valence-electron chi connectivity index (χ0n) is 14.8. The highest BCUT2D eigenvalue weighted by molar-refractivity contribution is 5.96. The Hall–Kier alpha value is -3.16. The predicted octanol–water partition coefficient (Wildman–Crippen LogP) is 1.78. The number of hydrazine groups is 1. The molecule has 0 unspecified atom stereocenters. The number of hydrogen-bond donors (Lipinski definition) is 3. The first kappa shape index (κ1) is 17.7. The second-order valence-corrected chi connectivity index (χ2v) is 6.17. The highest BCUT2D eigenvalue weighted by Gasteiger charge is 2.23. The zero-order chi connectivity index (χ0) is 18.7. The molecule has 3 amide bonds. The first-order valence-corrected chi connectivity index (χ1v) is 8.41. The van der Waals surface area contributed by atoms with Crippen molar-refractivity contribution in [2.75, 3.05) is 31.1 Å². The molecular formula is C18H22N4O4. The quantitative estimate of drug-likeness (QED) is 0.711. The first-order valence-electron chi connectivity index (χ1n) is 8.41. The van der Waals surface area contributed by atoms with Gasteiger partial charge in [-0.15, -0.1) is 0 Å². The van der Waals surface area contributed by atoms with Gasteiger partial charge in [-0.1, -0.05) is 12.1 Å². The van der Waals surface area contributed by atoms with Gasteiger partial charge in [-0.3, -0.25) is 10.2 Å². The van der Waals surface area contributed by atoms with Gasteiger partial charge in [0.1, 0.15) is 17.3 Å². The van der Waals surface area contributed by atoms with Crippen LogP contribution >= 0.6 is 0 Å². The van der Waals surface area contributed by atoms with Gasteiger partial charge in [0, 0.05) is 26.2 Å². The number of rotatable bonds is 2. The number of furan rings is 1. The van der Waals surface area contributed by atoms with E-state index in [1.165, 1.54) is 0 Å². The lowest BCUT2D eigenvalue weighted by atomic mass is 10.2. The van der Waals surface area contributed by atoms with Crippen LogP contribution in [0.1, 0.15) is 21.9 Å². The summed E-state index contributed by atoms with van der Waals surface area (Å²) in [6, 6.07) is 8.39. The maximum Gasteiger partial charge on any atom is 0.336 e. The largest absolute Gasteiger partial charge is 0.506 e. The van der Waals surface area contributed by atoms with Gasteiger partial charge in [0.25, 0.3) is 5.91 Å². The topological polar surface area (TPSA) is 98.1 Å². The van der Waals surface area contributed by atoms with E-state index >= 15 is 0 Å². The molecule has 1 fully saturated rings. The molecule has 3 N–H and O–H groups in total. The number of amides is 3. The molecule has 0 radical (unpaired) electrons. The summed E-state index contributed by atoms with van der Waals surface area (Å²) >= 11 is 0. The number of nitrogens with one attached hydrogen (secondary N) is 2. The third kappa shape index (κ3) is 3.74. The van der Waals surface area contributed by atoms with E-state index in [-0.39, 0.29) is 11.8 Å². The van der Waals surface area contributed by atoms with Crippen LogP contribution in [0, 0.1) is 13.8 Å². The first-order chi connectivity index (χ1) is 12.5. The number of hydrogen-bond acceptors (Lipinski definition) is 5. The van der Waals surface area contributed by atoms with E-state index in [0.717, 1.165) is 5.69 Å². The van der Waals surface area contributed by atoms with Crippen LogP contribution < -0.4 is 15.8 Å². The maximum absolute atomic E-state index is 12.2. The number of phenolic OH excluding ortho intramolecular Hbond substituents is 1. The predicted molar refractivity (Wildman–Crippen MR) is 96.1 cm³/mol. The van der Waals surface area contributed by atoms with Crippen molar-refractivity contribution in [3.05, 3.63) is 47.4 Å². The van der Waals surface area contributed by atoms with Gasteiger partial charge in [-0.25, -0.2) is 10.2 Å². The smallest absolute Gasteiger partial charge is 0.336 e. The molecule has 0 atom stereocenters. The molecule has 0 saturated carbocycles. The van der Waals surface area contributed by atoms with Crippen molar-refractivity contribution in [1.82, 2.24) is 15.8 Å². The van der Waals surface area contributed by atoms with E-state index in [1.807, 2.05) is 17.0 Å². The second kappa shape index (κ2) is 7.38.